The van der Waals surface area contributed by atoms with Gasteiger partial charge in [-0.1, -0.05) is 37.1 Å². The smallest absolute Gasteiger partial charge is 0.0230 e. The van der Waals surface area contributed by atoms with Gasteiger partial charge in [0.05, 0.1) is 0 Å². The summed E-state index contributed by atoms with van der Waals surface area (Å²) in [6, 6.07) is 8.64. The molecule has 2 heteroatoms. The fourth-order valence-electron chi connectivity index (χ4n) is 1.98. The van der Waals surface area contributed by atoms with Gasteiger partial charge in [0, 0.05) is 13.1 Å². The van der Waals surface area contributed by atoms with Crippen molar-refractivity contribution < 1.29 is 0 Å². The Bertz CT molecular complexity index is 314. The Labute approximate surface area is 98.4 Å². The average molecular weight is 218 g/mol. The van der Waals surface area contributed by atoms with Crippen molar-refractivity contribution in [1.82, 2.24) is 4.90 Å². The summed E-state index contributed by atoms with van der Waals surface area (Å²) in [4.78, 5) is 2.41. The van der Waals surface area contributed by atoms with Crippen LogP contribution in [0.3, 0.4) is 0 Å². The van der Waals surface area contributed by atoms with Gasteiger partial charge in [-0.25, -0.2) is 0 Å². The van der Waals surface area contributed by atoms with Crippen molar-refractivity contribution in [3.63, 3.8) is 0 Å². The molecule has 0 atom stereocenters. The monoisotopic (exact) mass is 218 g/mol. The molecule has 0 unspecified atom stereocenters. The van der Waals surface area contributed by atoms with Gasteiger partial charge in [-0.3, -0.25) is 0 Å². The minimum atomic E-state index is 0.637. The molecule has 0 spiro atoms. The number of nitrogens with two attached hydrogens (primary N) is 1. The molecule has 0 heterocycles. The van der Waals surface area contributed by atoms with Gasteiger partial charge in [-0.05, 0) is 37.1 Å². The Kier molecular flexibility index (Phi) is 3.97. The molecule has 0 aliphatic heterocycles. The molecule has 2 rings (SSSR count). The molecule has 1 aliphatic rings. The minimum absolute atomic E-state index is 0.637. The Balaban J connectivity index is 1.77. The van der Waals surface area contributed by atoms with Crippen molar-refractivity contribution in [2.24, 2.45) is 11.7 Å². The van der Waals surface area contributed by atoms with E-state index in [1.54, 1.807) is 0 Å². The summed E-state index contributed by atoms with van der Waals surface area (Å²) < 4.78 is 0. The van der Waals surface area contributed by atoms with Crippen LogP contribution in [0.15, 0.2) is 24.3 Å². The predicted molar refractivity (Wildman–Crippen MR) is 68.0 cm³/mol. The Hall–Kier alpha value is -0.860. The Morgan fingerprint density at radius 1 is 1.19 bits per heavy atom. The number of rotatable bonds is 6. The van der Waals surface area contributed by atoms with Gasteiger partial charge in [0.15, 0.2) is 0 Å². The lowest BCUT2D eigenvalue weighted by molar-refractivity contribution is 0.315. The summed E-state index contributed by atoms with van der Waals surface area (Å²) in [6.07, 6.45) is 4.29. The third kappa shape index (κ3) is 3.62. The first-order chi connectivity index (χ1) is 7.78. The molecule has 1 aliphatic carbocycles. The highest BCUT2D eigenvalue weighted by Gasteiger charge is 2.20. The molecule has 0 bridgehead atoms. The predicted octanol–water partition coefficient (Wildman–Crippen LogP) is 2.38. The molecular formula is C14H22N2. The number of hydrogen-bond acceptors (Lipinski definition) is 2. The van der Waals surface area contributed by atoms with Crippen LogP contribution in [0.4, 0.5) is 0 Å². The van der Waals surface area contributed by atoms with Gasteiger partial charge in [0.1, 0.15) is 0 Å². The van der Waals surface area contributed by atoms with Crippen molar-refractivity contribution >= 4 is 0 Å². The van der Waals surface area contributed by atoms with Crippen LogP contribution in [0, 0.1) is 5.92 Å². The third-order valence-corrected chi connectivity index (χ3v) is 3.33. The van der Waals surface area contributed by atoms with E-state index in [-0.39, 0.29) is 0 Å². The highest BCUT2D eigenvalue weighted by Crippen LogP contribution is 2.32. The molecule has 0 aromatic heterocycles. The fraction of sp³-hybridized carbons (Fsp3) is 0.571. The summed E-state index contributed by atoms with van der Waals surface area (Å²) in [5, 5.41) is 0. The van der Waals surface area contributed by atoms with E-state index in [1.165, 1.54) is 36.9 Å². The zero-order valence-corrected chi connectivity index (χ0v) is 10.2. The summed E-state index contributed by atoms with van der Waals surface area (Å²) in [7, 11) is 2.21. The van der Waals surface area contributed by atoms with Crippen molar-refractivity contribution in [3.8, 4) is 0 Å². The quantitative estimate of drug-likeness (QED) is 0.794. The lowest BCUT2D eigenvalue weighted by atomic mass is 10.1. The van der Waals surface area contributed by atoms with Crippen LogP contribution in [0.5, 0.6) is 0 Å². The van der Waals surface area contributed by atoms with Crippen LogP contribution < -0.4 is 5.73 Å². The zero-order chi connectivity index (χ0) is 11.4. The lowest BCUT2D eigenvalue weighted by Gasteiger charge is -2.16. The highest BCUT2D eigenvalue weighted by molar-refractivity contribution is 5.22. The van der Waals surface area contributed by atoms with Crippen LogP contribution >= 0.6 is 0 Å². The van der Waals surface area contributed by atoms with E-state index in [4.69, 9.17) is 5.73 Å². The van der Waals surface area contributed by atoms with Gasteiger partial charge in [0.25, 0.3) is 0 Å². The molecule has 2 nitrogen and oxygen atoms in total. The van der Waals surface area contributed by atoms with Gasteiger partial charge >= 0.3 is 0 Å². The van der Waals surface area contributed by atoms with Crippen molar-refractivity contribution in [2.75, 3.05) is 13.6 Å². The van der Waals surface area contributed by atoms with Gasteiger partial charge in [-0.2, -0.15) is 0 Å². The second-order valence-corrected chi connectivity index (χ2v) is 4.99. The largest absolute Gasteiger partial charge is 0.326 e. The summed E-state index contributed by atoms with van der Waals surface area (Å²) >= 11 is 0. The van der Waals surface area contributed by atoms with Crippen molar-refractivity contribution in [1.29, 1.82) is 0 Å². The van der Waals surface area contributed by atoms with Gasteiger partial charge in [0.2, 0.25) is 0 Å². The topological polar surface area (TPSA) is 29.3 Å². The first kappa shape index (κ1) is 11.6. The van der Waals surface area contributed by atoms with E-state index in [2.05, 4.69) is 36.2 Å². The maximum Gasteiger partial charge on any atom is 0.0230 e. The van der Waals surface area contributed by atoms with Crippen LogP contribution in [0.2, 0.25) is 0 Å². The molecule has 16 heavy (non-hydrogen) atoms. The van der Waals surface area contributed by atoms with Gasteiger partial charge < -0.3 is 10.6 Å². The molecule has 2 N–H and O–H groups in total. The number of nitrogens with zero attached hydrogens (tertiary/aromatic N) is 1. The summed E-state index contributed by atoms with van der Waals surface area (Å²) in [6.45, 7) is 2.92. The maximum absolute atomic E-state index is 5.58. The SMILES string of the molecule is CN(CCC1CC1)Cc1ccc(CN)cc1. The third-order valence-electron chi connectivity index (χ3n) is 3.33. The maximum atomic E-state index is 5.58. The van der Waals surface area contributed by atoms with Crippen LogP contribution in [-0.4, -0.2) is 18.5 Å². The lowest BCUT2D eigenvalue weighted by Crippen LogP contribution is -2.19. The van der Waals surface area contributed by atoms with Crippen LogP contribution in [0.1, 0.15) is 30.4 Å². The molecule has 0 saturated heterocycles. The second kappa shape index (κ2) is 5.46. The first-order valence-electron chi connectivity index (χ1n) is 6.24. The molecule has 1 aromatic rings. The van der Waals surface area contributed by atoms with E-state index in [1.807, 2.05) is 0 Å². The molecule has 0 radical (unpaired) electrons. The van der Waals surface area contributed by atoms with Crippen molar-refractivity contribution in [2.45, 2.75) is 32.4 Å². The van der Waals surface area contributed by atoms with Crippen LogP contribution in [-0.2, 0) is 13.1 Å². The number of hydrogen-bond donors (Lipinski definition) is 1. The molecule has 88 valence electrons. The van der Waals surface area contributed by atoms with E-state index >= 15 is 0 Å². The summed E-state index contributed by atoms with van der Waals surface area (Å²) in [5.74, 6) is 1.03. The molecule has 1 aromatic carbocycles. The van der Waals surface area contributed by atoms with E-state index < -0.39 is 0 Å². The molecule has 1 saturated carbocycles. The average Bonchev–Trinajstić information content (AvgIpc) is 3.11. The number of benzene rings is 1. The first-order valence-corrected chi connectivity index (χ1v) is 6.24. The zero-order valence-electron chi connectivity index (χ0n) is 10.2. The normalized spacial score (nSPS) is 15.7. The molecule has 1 fully saturated rings. The highest BCUT2D eigenvalue weighted by atomic mass is 15.1. The standard InChI is InChI=1S/C14H22N2/c1-16(9-8-12-2-3-12)11-14-6-4-13(10-15)5-7-14/h4-7,12H,2-3,8-11,15H2,1H3. The minimum Gasteiger partial charge on any atom is -0.326 e. The molecular weight excluding hydrogens is 196 g/mol. The van der Waals surface area contributed by atoms with Crippen LogP contribution in [0.25, 0.3) is 0 Å². The second-order valence-electron chi connectivity index (χ2n) is 4.99. The van der Waals surface area contributed by atoms with E-state index in [0.717, 1.165) is 12.5 Å². The Morgan fingerprint density at radius 2 is 1.81 bits per heavy atom. The Morgan fingerprint density at radius 3 is 2.38 bits per heavy atom. The fourth-order valence-corrected chi connectivity index (χ4v) is 1.98. The van der Waals surface area contributed by atoms with E-state index in [9.17, 15) is 0 Å². The van der Waals surface area contributed by atoms with Crippen molar-refractivity contribution in [3.05, 3.63) is 35.4 Å². The van der Waals surface area contributed by atoms with Gasteiger partial charge in [-0.15, -0.1) is 0 Å². The summed E-state index contributed by atoms with van der Waals surface area (Å²) in [5.41, 5.74) is 8.18. The van der Waals surface area contributed by atoms with E-state index in [0.29, 0.717) is 6.54 Å². The molecule has 0 amide bonds.